The molecule has 184 valence electrons. The van der Waals surface area contributed by atoms with Crippen molar-refractivity contribution in [3.63, 3.8) is 0 Å². The molecule has 0 N–H and O–H groups in total. The van der Waals surface area contributed by atoms with Crippen LogP contribution in [0.2, 0.25) is 56.4 Å². The number of hydrogen-bond acceptors (Lipinski definition) is 5. The molecule has 31 heavy (non-hydrogen) atoms. The van der Waals surface area contributed by atoms with Crippen LogP contribution < -0.4 is 0 Å². The van der Waals surface area contributed by atoms with Gasteiger partial charge >= 0.3 is 23.3 Å². The Balaban J connectivity index is 6.48. The molecule has 5 nitrogen and oxygen atoms in total. The van der Waals surface area contributed by atoms with Gasteiger partial charge in [0, 0.05) is 24.2 Å². The van der Waals surface area contributed by atoms with Gasteiger partial charge < -0.3 is 16.8 Å². The highest BCUT2D eigenvalue weighted by atomic mass is 28.5. The fourth-order valence-electron chi connectivity index (χ4n) is 4.09. The minimum absolute atomic E-state index is 0.332. The molecule has 0 radical (unpaired) electrons. The van der Waals surface area contributed by atoms with E-state index in [1.165, 1.54) is 0 Å². The van der Waals surface area contributed by atoms with E-state index in [0.29, 0.717) is 17.4 Å². The number of hydrogen-bond donors (Lipinski definition) is 0. The summed E-state index contributed by atoms with van der Waals surface area (Å²) in [4.78, 5) is 12.7. The Morgan fingerprint density at radius 1 is 0.806 bits per heavy atom. The first-order valence-electron chi connectivity index (χ1n) is 12.0. The molecule has 0 aromatic carbocycles. The fourth-order valence-corrected chi connectivity index (χ4v) is 23.4. The van der Waals surface area contributed by atoms with Gasteiger partial charge in [-0.3, -0.25) is 0 Å². The Kier molecular flexibility index (Phi) is 12.4. The van der Waals surface area contributed by atoms with Crippen LogP contribution in [0.1, 0.15) is 55.4 Å². The maximum absolute atomic E-state index is 12.7. The van der Waals surface area contributed by atoms with Gasteiger partial charge in [0.25, 0.3) is 0 Å². The quantitative estimate of drug-likeness (QED) is 0.172. The standard InChI is InChI=1S/C22H50O5Si4/c1-14-30(15-2,16-3)26-29(13,25-28(10,11)12)27-31(17-19(4)5,18-20(6)7)24-22(23)21(8)9/h19-20H,8,14-18H2,1-7,9-13H3. The van der Waals surface area contributed by atoms with E-state index in [0.717, 1.165) is 30.2 Å². The summed E-state index contributed by atoms with van der Waals surface area (Å²) in [6.45, 7) is 29.3. The third-order valence-electron chi connectivity index (χ3n) is 5.26. The summed E-state index contributed by atoms with van der Waals surface area (Å²) >= 11 is 0. The van der Waals surface area contributed by atoms with E-state index in [-0.39, 0.29) is 5.97 Å². The summed E-state index contributed by atoms with van der Waals surface area (Å²) in [6.07, 6.45) is 0. The van der Waals surface area contributed by atoms with Crippen molar-refractivity contribution in [2.45, 2.75) is 112 Å². The van der Waals surface area contributed by atoms with Crippen molar-refractivity contribution in [3.05, 3.63) is 12.2 Å². The Bertz CT molecular complexity index is 567. The molecule has 0 amide bonds. The SMILES string of the molecule is C=C(C)C(=O)O[Si](CC(C)C)(CC(C)C)O[Si](C)(O[Si](C)(C)C)O[Si](CC)(CC)CC. The minimum Gasteiger partial charge on any atom is -0.491 e. The van der Waals surface area contributed by atoms with Gasteiger partial charge in [-0.1, -0.05) is 55.0 Å². The molecule has 0 aliphatic carbocycles. The Labute approximate surface area is 197 Å². The lowest BCUT2D eigenvalue weighted by Crippen LogP contribution is -2.63. The predicted molar refractivity (Wildman–Crippen MR) is 141 cm³/mol. The van der Waals surface area contributed by atoms with Crippen molar-refractivity contribution in [3.8, 4) is 0 Å². The lowest BCUT2D eigenvalue weighted by Gasteiger charge is -2.45. The minimum atomic E-state index is -3.08. The molecule has 1 atom stereocenters. The van der Waals surface area contributed by atoms with Crippen molar-refractivity contribution < 1.29 is 21.6 Å². The van der Waals surface area contributed by atoms with Crippen molar-refractivity contribution in [2.24, 2.45) is 11.8 Å². The van der Waals surface area contributed by atoms with Crippen LogP contribution in [0, 0.1) is 11.8 Å². The lowest BCUT2D eigenvalue weighted by molar-refractivity contribution is -0.132. The summed E-state index contributed by atoms with van der Waals surface area (Å²) in [5, 5.41) is 0. The molecule has 0 spiro atoms. The predicted octanol–water partition coefficient (Wildman–Crippen LogP) is 7.32. The summed E-state index contributed by atoms with van der Waals surface area (Å²) in [6, 6.07) is 4.52. The van der Waals surface area contributed by atoms with E-state index in [1.807, 2.05) is 6.55 Å². The molecule has 0 aromatic rings. The second kappa shape index (κ2) is 12.4. The maximum atomic E-state index is 12.7. The third kappa shape index (κ3) is 11.1. The molecule has 0 aliphatic rings. The van der Waals surface area contributed by atoms with E-state index >= 15 is 0 Å². The molecule has 0 aromatic heterocycles. The first-order chi connectivity index (χ1) is 14.0. The molecule has 0 fully saturated rings. The monoisotopic (exact) mass is 506 g/mol. The highest BCUT2D eigenvalue weighted by Crippen LogP contribution is 2.36. The van der Waals surface area contributed by atoms with E-state index in [1.54, 1.807) is 6.92 Å². The van der Waals surface area contributed by atoms with Gasteiger partial charge in [-0.05, 0) is 56.5 Å². The van der Waals surface area contributed by atoms with E-state index in [9.17, 15) is 4.79 Å². The van der Waals surface area contributed by atoms with Crippen LogP contribution in [0.5, 0.6) is 0 Å². The Morgan fingerprint density at radius 3 is 1.52 bits per heavy atom. The van der Waals surface area contributed by atoms with Gasteiger partial charge in [0.2, 0.25) is 0 Å². The van der Waals surface area contributed by atoms with Crippen LogP contribution in [0.25, 0.3) is 0 Å². The van der Waals surface area contributed by atoms with Crippen LogP contribution in [-0.4, -0.2) is 40.0 Å². The molecule has 0 aliphatic heterocycles. The molecular formula is C22H50O5Si4. The van der Waals surface area contributed by atoms with Crippen molar-refractivity contribution in [2.75, 3.05) is 0 Å². The van der Waals surface area contributed by atoms with Crippen LogP contribution >= 0.6 is 0 Å². The summed E-state index contributed by atoms with van der Waals surface area (Å²) in [7, 11) is -10.0. The van der Waals surface area contributed by atoms with Gasteiger partial charge in [0.15, 0.2) is 16.6 Å². The van der Waals surface area contributed by atoms with E-state index in [4.69, 9.17) is 16.8 Å². The van der Waals surface area contributed by atoms with Crippen LogP contribution in [0.4, 0.5) is 0 Å². The van der Waals surface area contributed by atoms with Gasteiger partial charge in [-0.2, -0.15) is 0 Å². The molecule has 1 unspecified atom stereocenters. The second-order valence-electron chi connectivity index (χ2n) is 10.8. The zero-order valence-corrected chi connectivity index (χ0v) is 26.4. The van der Waals surface area contributed by atoms with Crippen molar-refractivity contribution in [1.29, 1.82) is 0 Å². The lowest BCUT2D eigenvalue weighted by atomic mass is 10.3. The average molecular weight is 507 g/mol. The molecule has 0 bridgehead atoms. The summed E-state index contributed by atoms with van der Waals surface area (Å²) in [5.41, 5.74) is 0.405. The molecule has 9 heteroatoms. The first kappa shape index (κ1) is 31.0. The van der Waals surface area contributed by atoms with Crippen LogP contribution in [-0.2, 0) is 21.6 Å². The smallest absolute Gasteiger partial charge is 0.468 e. The summed E-state index contributed by atoms with van der Waals surface area (Å²) in [5.74, 6) is 0.306. The average Bonchev–Trinajstić information content (AvgIpc) is 2.56. The van der Waals surface area contributed by atoms with Crippen LogP contribution in [0.15, 0.2) is 12.2 Å². The second-order valence-corrected chi connectivity index (χ2v) is 26.5. The van der Waals surface area contributed by atoms with Crippen molar-refractivity contribution in [1.82, 2.24) is 0 Å². The maximum Gasteiger partial charge on any atom is 0.468 e. The van der Waals surface area contributed by atoms with Gasteiger partial charge in [0.1, 0.15) is 0 Å². The summed E-state index contributed by atoms with van der Waals surface area (Å²) < 4.78 is 27.0. The normalized spacial score (nSPS) is 15.3. The zero-order valence-electron chi connectivity index (χ0n) is 22.4. The van der Waals surface area contributed by atoms with Gasteiger partial charge in [0.05, 0.1) is 0 Å². The number of carbonyl (C=O) groups is 1. The molecule has 0 heterocycles. The topological polar surface area (TPSA) is 54.0 Å². The van der Waals surface area contributed by atoms with E-state index < -0.39 is 34.0 Å². The number of carbonyl (C=O) groups excluding carboxylic acids is 1. The molecule has 0 saturated heterocycles. The van der Waals surface area contributed by atoms with E-state index in [2.05, 4.69) is 74.7 Å². The van der Waals surface area contributed by atoms with Crippen LogP contribution in [0.3, 0.4) is 0 Å². The molecule has 0 rings (SSSR count). The van der Waals surface area contributed by atoms with Crippen molar-refractivity contribution >= 4 is 40.0 Å². The molecule has 0 saturated carbocycles. The Morgan fingerprint density at radius 2 is 1.23 bits per heavy atom. The zero-order chi connectivity index (χ0) is 24.7. The highest BCUT2D eigenvalue weighted by molar-refractivity contribution is 6.90. The highest BCUT2D eigenvalue weighted by Gasteiger charge is 2.55. The number of rotatable bonds is 15. The first-order valence-corrected chi connectivity index (χ1v) is 22.3. The van der Waals surface area contributed by atoms with Gasteiger partial charge in [-0.15, -0.1) is 0 Å². The Hall–Kier alpha value is -0.0425. The largest absolute Gasteiger partial charge is 0.491 e. The van der Waals surface area contributed by atoms with Gasteiger partial charge in [-0.25, -0.2) is 4.79 Å². The fraction of sp³-hybridized carbons (Fsp3) is 0.864. The third-order valence-corrected chi connectivity index (χ3v) is 22.7. The molecular weight excluding hydrogens is 457 g/mol.